The van der Waals surface area contributed by atoms with E-state index in [9.17, 15) is 4.79 Å². The first-order valence-corrected chi connectivity index (χ1v) is 7.91. The molecule has 0 spiro atoms. The van der Waals surface area contributed by atoms with E-state index in [0.717, 1.165) is 36.1 Å². The van der Waals surface area contributed by atoms with Crippen molar-refractivity contribution in [3.8, 4) is 11.1 Å². The first kappa shape index (κ1) is 16.4. The van der Waals surface area contributed by atoms with Crippen molar-refractivity contribution in [3.63, 3.8) is 0 Å². The third-order valence-electron chi connectivity index (χ3n) is 3.83. The van der Waals surface area contributed by atoms with Crippen molar-refractivity contribution in [1.82, 2.24) is 4.90 Å². The summed E-state index contributed by atoms with van der Waals surface area (Å²) in [5.74, 6) is 0.243. The molecule has 0 amide bonds. The summed E-state index contributed by atoms with van der Waals surface area (Å²) in [6.45, 7) is 3.12. The topological polar surface area (TPSA) is 20.3 Å². The Hall–Kier alpha value is -1.93. The maximum absolute atomic E-state index is 12.3. The van der Waals surface area contributed by atoms with E-state index < -0.39 is 0 Å². The van der Waals surface area contributed by atoms with Crippen molar-refractivity contribution in [2.75, 3.05) is 20.6 Å². The van der Waals surface area contributed by atoms with Crippen LogP contribution in [0.1, 0.15) is 35.2 Å². The van der Waals surface area contributed by atoms with E-state index >= 15 is 0 Å². The number of rotatable bonds is 7. The molecule has 0 bridgehead atoms. The molecule has 0 heterocycles. The van der Waals surface area contributed by atoms with Crippen LogP contribution in [0, 0.1) is 6.92 Å². The van der Waals surface area contributed by atoms with Crippen molar-refractivity contribution in [3.05, 3.63) is 59.7 Å². The first-order chi connectivity index (χ1) is 10.6. The van der Waals surface area contributed by atoms with Crippen LogP contribution >= 0.6 is 0 Å². The number of benzene rings is 2. The number of hydrogen-bond donors (Lipinski definition) is 0. The molecule has 22 heavy (non-hydrogen) atoms. The monoisotopic (exact) mass is 295 g/mol. The number of Topliss-reactive ketones (excluding diaryl/α,β-unsaturated/α-hetero) is 1. The van der Waals surface area contributed by atoms with E-state index in [4.69, 9.17) is 0 Å². The van der Waals surface area contributed by atoms with Crippen molar-refractivity contribution in [1.29, 1.82) is 0 Å². The van der Waals surface area contributed by atoms with Crippen LogP contribution in [0.4, 0.5) is 0 Å². The van der Waals surface area contributed by atoms with Gasteiger partial charge in [-0.3, -0.25) is 4.79 Å². The summed E-state index contributed by atoms with van der Waals surface area (Å²) in [6, 6.07) is 16.4. The van der Waals surface area contributed by atoms with E-state index in [1.54, 1.807) is 0 Å². The van der Waals surface area contributed by atoms with Gasteiger partial charge in [0.1, 0.15) is 0 Å². The van der Waals surface area contributed by atoms with Gasteiger partial charge in [0.2, 0.25) is 0 Å². The number of hydrogen-bond acceptors (Lipinski definition) is 2. The molecule has 0 saturated heterocycles. The molecular formula is C20H25NO. The smallest absolute Gasteiger partial charge is 0.162 e. The van der Waals surface area contributed by atoms with Gasteiger partial charge in [0.15, 0.2) is 5.78 Å². The molecule has 0 aliphatic carbocycles. The highest BCUT2D eigenvalue weighted by Gasteiger charge is 2.07. The molecule has 0 aromatic heterocycles. The highest BCUT2D eigenvalue weighted by molar-refractivity contribution is 5.97. The maximum atomic E-state index is 12.3. The molecule has 0 saturated carbocycles. The largest absolute Gasteiger partial charge is 0.309 e. The number of aryl methyl sites for hydroxylation is 1. The van der Waals surface area contributed by atoms with Crippen molar-refractivity contribution in [2.24, 2.45) is 0 Å². The fourth-order valence-electron chi connectivity index (χ4n) is 2.48. The fourth-order valence-corrected chi connectivity index (χ4v) is 2.48. The third kappa shape index (κ3) is 4.81. The molecule has 0 unspecified atom stereocenters. The Labute approximate surface area is 133 Å². The third-order valence-corrected chi connectivity index (χ3v) is 3.83. The van der Waals surface area contributed by atoms with Crippen LogP contribution in [0.2, 0.25) is 0 Å². The van der Waals surface area contributed by atoms with Crippen LogP contribution in [-0.4, -0.2) is 31.3 Å². The molecule has 116 valence electrons. The number of nitrogens with zero attached hydrogens (tertiary/aromatic N) is 1. The molecule has 2 nitrogen and oxygen atoms in total. The van der Waals surface area contributed by atoms with E-state index in [1.165, 1.54) is 5.56 Å². The predicted octanol–water partition coefficient (Wildman–Crippen LogP) is 4.58. The van der Waals surface area contributed by atoms with Crippen molar-refractivity contribution in [2.45, 2.75) is 26.2 Å². The van der Waals surface area contributed by atoms with Crippen LogP contribution < -0.4 is 0 Å². The summed E-state index contributed by atoms with van der Waals surface area (Å²) < 4.78 is 0. The van der Waals surface area contributed by atoms with Gasteiger partial charge < -0.3 is 4.90 Å². The molecule has 2 aromatic rings. The zero-order valence-corrected chi connectivity index (χ0v) is 13.8. The van der Waals surface area contributed by atoms with Gasteiger partial charge in [0, 0.05) is 12.0 Å². The number of carbonyl (C=O) groups excluding carboxylic acids is 1. The molecule has 0 N–H and O–H groups in total. The van der Waals surface area contributed by atoms with Gasteiger partial charge >= 0.3 is 0 Å². The quantitative estimate of drug-likeness (QED) is 0.550. The summed E-state index contributed by atoms with van der Waals surface area (Å²) in [5.41, 5.74) is 4.34. The maximum Gasteiger partial charge on any atom is 0.162 e. The average Bonchev–Trinajstić information content (AvgIpc) is 2.52. The normalized spacial score (nSPS) is 10.9. The Morgan fingerprint density at radius 1 is 0.955 bits per heavy atom. The van der Waals surface area contributed by atoms with Gasteiger partial charge in [-0.15, -0.1) is 0 Å². The van der Waals surface area contributed by atoms with Gasteiger partial charge in [-0.2, -0.15) is 0 Å². The lowest BCUT2D eigenvalue weighted by atomic mass is 9.99. The zero-order valence-electron chi connectivity index (χ0n) is 13.8. The minimum Gasteiger partial charge on any atom is -0.309 e. The van der Waals surface area contributed by atoms with Gasteiger partial charge in [0.05, 0.1) is 0 Å². The lowest BCUT2D eigenvalue weighted by molar-refractivity contribution is 0.0978. The minimum atomic E-state index is 0.243. The predicted molar refractivity (Wildman–Crippen MR) is 93.4 cm³/mol. The Bertz CT molecular complexity index is 614. The summed E-state index contributed by atoms with van der Waals surface area (Å²) >= 11 is 0. The van der Waals surface area contributed by atoms with Crippen LogP contribution in [0.15, 0.2) is 48.5 Å². The highest BCUT2D eigenvalue weighted by Crippen LogP contribution is 2.21. The summed E-state index contributed by atoms with van der Waals surface area (Å²) in [4.78, 5) is 14.5. The Morgan fingerprint density at radius 3 is 2.36 bits per heavy atom. The second kappa shape index (κ2) is 7.90. The number of unbranched alkanes of at least 4 members (excludes halogenated alkanes) is 1. The molecule has 2 rings (SSSR count). The Balaban J connectivity index is 2.01. The van der Waals surface area contributed by atoms with Crippen LogP contribution in [0.5, 0.6) is 0 Å². The summed E-state index contributed by atoms with van der Waals surface area (Å²) in [6.07, 6.45) is 2.65. The molecule has 2 heteroatoms. The summed E-state index contributed by atoms with van der Waals surface area (Å²) in [5, 5.41) is 0. The lowest BCUT2D eigenvalue weighted by Crippen LogP contribution is -2.13. The van der Waals surface area contributed by atoms with Crippen LogP contribution in [-0.2, 0) is 0 Å². The van der Waals surface area contributed by atoms with Crippen molar-refractivity contribution >= 4 is 5.78 Å². The fraction of sp³-hybridized carbons (Fsp3) is 0.350. The lowest BCUT2D eigenvalue weighted by Gasteiger charge is -2.09. The van der Waals surface area contributed by atoms with E-state index in [0.29, 0.717) is 6.42 Å². The second-order valence-corrected chi connectivity index (χ2v) is 6.13. The van der Waals surface area contributed by atoms with Gasteiger partial charge in [0.25, 0.3) is 0 Å². The Morgan fingerprint density at radius 2 is 1.68 bits per heavy atom. The van der Waals surface area contributed by atoms with Gasteiger partial charge in [-0.1, -0.05) is 48.0 Å². The molecule has 2 aromatic carbocycles. The van der Waals surface area contributed by atoms with E-state index in [2.05, 4.69) is 56.3 Å². The summed E-state index contributed by atoms with van der Waals surface area (Å²) in [7, 11) is 4.12. The molecular weight excluding hydrogens is 270 g/mol. The van der Waals surface area contributed by atoms with Crippen molar-refractivity contribution < 1.29 is 4.79 Å². The number of carbonyl (C=O) groups is 1. The first-order valence-electron chi connectivity index (χ1n) is 7.91. The van der Waals surface area contributed by atoms with Gasteiger partial charge in [-0.05, 0) is 57.6 Å². The Kier molecular flexibility index (Phi) is 5.91. The molecule has 0 fully saturated rings. The zero-order chi connectivity index (χ0) is 15.9. The van der Waals surface area contributed by atoms with E-state index in [1.807, 2.05) is 18.2 Å². The molecule has 0 aliphatic heterocycles. The standard InChI is InChI=1S/C20H25NO/c1-16-10-12-17(13-11-16)18-7-6-8-19(15-18)20(22)9-4-5-14-21(2)3/h6-8,10-13,15H,4-5,9,14H2,1-3H3. The molecule has 0 radical (unpaired) electrons. The SMILES string of the molecule is Cc1ccc(-c2cccc(C(=O)CCCCN(C)C)c2)cc1. The van der Waals surface area contributed by atoms with E-state index in [-0.39, 0.29) is 5.78 Å². The van der Waals surface area contributed by atoms with Gasteiger partial charge in [-0.25, -0.2) is 0 Å². The second-order valence-electron chi connectivity index (χ2n) is 6.13. The molecule has 0 atom stereocenters. The van der Waals surface area contributed by atoms with Crippen LogP contribution in [0.25, 0.3) is 11.1 Å². The number of ketones is 1. The highest BCUT2D eigenvalue weighted by atomic mass is 16.1. The molecule has 0 aliphatic rings. The van der Waals surface area contributed by atoms with Crippen LogP contribution in [0.3, 0.4) is 0 Å². The average molecular weight is 295 g/mol. The minimum absolute atomic E-state index is 0.243.